The Balaban J connectivity index is 2.06. The third-order valence-corrected chi connectivity index (χ3v) is 3.61. The molecule has 1 N–H and O–H groups in total. The van der Waals surface area contributed by atoms with E-state index in [0.717, 1.165) is 38.8 Å². The molecule has 86 valence electrons. The molecular weight excluding hydrogens is 192 g/mol. The van der Waals surface area contributed by atoms with E-state index in [4.69, 9.17) is 4.74 Å². The summed E-state index contributed by atoms with van der Waals surface area (Å²) in [6.07, 6.45) is 3.89. The van der Waals surface area contributed by atoms with Crippen LogP contribution in [0.25, 0.3) is 0 Å². The zero-order valence-corrected chi connectivity index (χ0v) is 9.58. The van der Waals surface area contributed by atoms with Crippen LogP contribution in [-0.4, -0.2) is 49.7 Å². The van der Waals surface area contributed by atoms with Crippen LogP contribution in [0.1, 0.15) is 25.7 Å². The fraction of sp³-hybridized carbons (Fsp3) is 0.909. The Morgan fingerprint density at radius 3 is 2.47 bits per heavy atom. The van der Waals surface area contributed by atoms with E-state index in [1.54, 1.807) is 7.11 Å². The van der Waals surface area contributed by atoms with Gasteiger partial charge < -0.3 is 15.0 Å². The van der Waals surface area contributed by atoms with Crippen molar-refractivity contribution in [2.24, 2.45) is 0 Å². The number of piperidine rings is 1. The average molecular weight is 212 g/mol. The number of likely N-dealkylation sites (N-methyl/N-ethyl adjacent to an activating group) is 1. The highest BCUT2D eigenvalue weighted by Crippen LogP contribution is 2.31. The van der Waals surface area contributed by atoms with Crippen LogP contribution >= 0.6 is 0 Å². The summed E-state index contributed by atoms with van der Waals surface area (Å²) in [7, 11) is 3.56. The van der Waals surface area contributed by atoms with E-state index in [0.29, 0.717) is 6.04 Å². The van der Waals surface area contributed by atoms with Crippen molar-refractivity contribution in [3.8, 4) is 0 Å². The summed E-state index contributed by atoms with van der Waals surface area (Å²) in [5, 5.41) is 3.26. The minimum atomic E-state index is -0.553. The minimum absolute atomic E-state index is 0.175. The topological polar surface area (TPSA) is 41.6 Å². The second kappa shape index (κ2) is 4.10. The lowest BCUT2D eigenvalue weighted by atomic mass is 9.90. The maximum Gasteiger partial charge on any atom is 0.254 e. The molecule has 4 nitrogen and oxygen atoms in total. The van der Waals surface area contributed by atoms with Crippen LogP contribution in [-0.2, 0) is 9.53 Å². The lowest BCUT2D eigenvalue weighted by molar-refractivity contribution is -0.157. The van der Waals surface area contributed by atoms with Crippen LogP contribution in [0.5, 0.6) is 0 Å². The molecule has 0 aromatic heterocycles. The number of ether oxygens (including phenoxy) is 1. The number of nitrogens with one attached hydrogen (secondary N) is 1. The number of methoxy groups -OCH3 is 1. The highest BCUT2D eigenvalue weighted by molar-refractivity contribution is 5.85. The van der Waals surface area contributed by atoms with Crippen molar-refractivity contribution in [3.05, 3.63) is 0 Å². The van der Waals surface area contributed by atoms with Crippen LogP contribution in [0, 0.1) is 0 Å². The van der Waals surface area contributed by atoms with Gasteiger partial charge in [-0.3, -0.25) is 4.79 Å². The Morgan fingerprint density at radius 1 is 1.40 bits per heavy atom. The number of carbonyl (C=O) groups is 1. The monoisotopic (exact) mass is 212 g/mol. The minimum Gasteiger partial charge on any atom is -0.368 e. The van der Waals surface area contributed by atoms with Gasteiger partial charge >= 0.3 is 0 Å². The van der Waals surface area contributed by atoms with Crippen LogP contribution in [0.15, 0.2) is 0 Å². The lowest BCUT2D eigenvalue weighted by Crippen LogP contribution is -2.54. The van der Waals surface area contributed by atoms with Crippen LogP contribution < -0.4 is 5.32 Å². The Kier molecular flexibility index (Phi) is 2.98. The smallest absolute Gasteiger partial charge is 0.254 e. The maximum absolute atomic E-state index is 12.3. The number of rotatable bonds is 3. The number of amides is 1. The van der Waals surface area contributed by atoms with Crippen molar-refractivity contribution in [1.29, 1.82) is 0 Å². The van der Waals surface area contributed by atoms with Gasteiger partial charge in [0.15, 0.2) is 0 Å². The van der Waals surface area contributed by atoms with Crippen molar-refractivity contribution >= 4 is 5.91 Å². The molecule has 1 saturated heterocycles. The number of nitrogens with zero attached hydrogens (tertiary/aromatic N) is 1. The van der Waals surface area contributed by atoms with Crippen molar-refractivity contribution in [3.63, 3.8) is 0 Å². The van der Waals surface area contributed by atoms with Gasteiger partial charge in [-0.05, 0) is 38.8 Å². The Hall–Kier alpha value is -0.610. The van der Waals surface area contributed by atoms with E-state index >= 15 is 0 Å². The summed E-state index contributed by atoms with van der Waals surface area (Å²) in [5.41, 5.74) is -0.553. The van der Waals surface area contributed by atoms with Gasteiger partial charge in [0.05, 0.1) is 0 Å². The van der Waals surface area contributed by atoms with Crippen LogP contribution in [0.2, 0.25) is 0 Å². The van der Waals surface area contributed by atoms with E-state index in [1.165, 1.54) is 0 Å². The molecular formula is C11H20N2O2. The van der Waals surface area contributed by atoms with Crippen molar-refractivity contribution < 1.29 is 9.53 Å². The third kappa shape index (κ3) is 2.01. The number of hydrogen-bond donors (Lipinski definition) is 1. The number of carbonyl (C=O) groups excluding carboxylic acids is 1. The second-order valence-corrected chi connectivity index (χ2v) is 4.60. The first-order valence-electron chi connectivity index (χ1n) is 5.73. The fourth-order valence-corrected chi connectivity index (χ4v) is 2.28. The zero-order chi connectivity index (χ0) is 10.9. The third-order valence-electron chi connectivity index (χ3n) is 3.61. The highest BCUT2D eigenvalue weighted by Gasteiger charge is 2.44. The normalized spacial score (nSPS) is 24.9. The molecule has 1 saturated carbocycles. The first-order chi connectivity index (χ1) is 7.19. The van der Waals surface area contributed by atoms with E-state index in [2.05, 4.69) is 5.32 Å². The summed E-state index contributed by atoms with van der Waals surface area (Å²) in [4.78, 5) is 14.2. The van der Waals surface area contributed by atoms with Crippen molar-refractivity contribution in [2.45, 2.75) is 37.3 Å². The molecule has 1 heterocycles. The van der Waals surface area contributed by atoms with E-state index in [-0.39, 0.29) is 5.91 Å². The molecule has 15 heavy (non-hydrogen) atoms. The summed E-state index contributed by atoms with van der Waals surface area (Å²) >= 11 is 0. The SMILES string of the molecule is COC1(C(=O)N(C)C2CC2)CCNCC1. The van der Waals surface area contributed by atoms with Crippen molar-refractivity contribution in [1.82, 2.24) is 10.2 Å². The molecule has 0 radical (unpaired) electrons. The van der Waals surface area contributed by atoms with E-state index < -0.39 is 5.60 Å². The predicted octanol–water partition coefficient (Wildman–Crippen LogP) is 0.376. The maximum atomic E-state index is 12.3. The predicted molar refractivity (Wildman–Crippen MR) is 57.6 cm³/mol. The van der Waals surface area contributed by atoms with Gasteiger partial charge in [0.25, 0.3) is 5.91 Å². The molecule has 1 aliphatic carbocycles. The van der Waals surface area contributed by atoms with Gasteiger partial charge in [0.2, 0.25) is 0 Å². The van der Waals surface area contributed by atoms with Crippen LogP contribution in [0.3, 0.4) is 0 Å². The summed E-state index contributed by atoms with van der Waals surface area (Å²) in [6, 6.07) is 0.472. The van der Waals surface area contributed by atoms with Gasteiger partial charge in [-0.1, -0.05) is 0 Å². The molecule has 2 aliphatic rings. The summed E-state index contributed by atoms with van der Waals surface area (Å²) in [6.45, 7) is 1.75. The van der Waals surface area contributed by atoms with E-state index in [9.17, 15) is 4.79 Å². The first-order valence-corrected chi connectivity index (χ1v) is 5.73. The second-order valence-electron chi connectivity index (χ2n) is 4.60. The Labute approximate surface area is 91.0 Å². The fourth-order valence-electron chi connectivity index (χ4n) is 2.28. The van der Waals surface area contributed by atoms with Gasteiger partial charge in [-0.2, -0.15) is 0 Å². The molecule has 1 aliphatic heterocycles. The molecule has 0 aromatic rings. The van der Waals surface area contributed by atoms with Gasteiger partial charge in [0, 0.05) is 20.2 Å². The number of hydrogen-bond acceptors (Lipinski definition) is 3. The molecule has 0 unspecified atom stereocenters. The standard InChI is InChI=1S/C11H20N2O2/c1-13(9-3-4-9)10(14)11(15-2)5-7-12-8-6-11/h9,12H,3-8H2,1-2H3. The highest BCUT2D eigenvalue weighted by atomic mass is 16.5. The summed E-state index contributed by atoms with van der Waals surface area (Å²) in [5.74, 6) is 0.175. The average Bonchev–Trinajstić information content (AvgIpc) is 3.12. The van der Waals surface area contributed by atoms with Gasteiger partial charge in [-0.15, -0.1) is 0 Å². The first kappa shape index (κ1) is 10.9. The summed E-state index contributed by atoms with van der Waals surface area (Å²) < 4.78 is 5.51. The van der Waals surface area contributed by atoms with Gasteiger partial charge in [0.1, 0.15) is 5.60 Å². The Bertz CT molecular complexity index is 245. The Morgan fingerprint density at radius 2 is 2.00 bits per heavy atom. The molecule has 0 spiro atoms. The van der Waals surface area contributed by atoms with E-state index in [1.807, 2.05) is 11.9 Å². The zero-order valence-electron chi connectivity index (χ0n) is 9.58. The molecule has 2 fully saturated rings. The molecule has 1 amide bonds. The van der Waals surface area contributed by atoms with Gasteiger partial charge in [-0.25, -0.2) is 0 Å². The lowest BCUT2D eigenvalue weighted by Gasteiger charge is -2.37. The molecule has 0 atom stereocenters. The molecule has 4 heteroatoms. The molecule has 0 bridgehead atoms. The largest absolute Gasteiger partial charge is 0.368 e. The molecule has 2 rings (SSSR count). The quantitative estimate of drug-likeness (QED) is 0.735. The molecule has 0 aromatic carbocycles. The van der Waals surface area contributed by atoms with Crippen molar-refractivity contribution in [2.75, 3.05) is 27.2 Å². The van der Waals surface area contributed by atoms with Crippen LogP contribution in [0.4, 0.5) is 0 Å².